The summed E-state index contributed by atoms with van der Waals surface area (Å²) in [6, 6.07) is 7.84. The molecule has 0 unspecified atom stereocenters. The molecule has 2 aromatic rings. The number of nitrogens with two attached hydrogens (primary N) is 1. The average molecular weight is 320 g/mol. The van der Waals surface area contributed by atoms with Gasteiger partial charge in [0.2, 0.25) is 0 Å². The SMILES string of the molecule is Nc1cc(C(F)(F)F)n(Cc2cccc(Br)c2)n1. The van der Waals surface area contributed by atoms with E-state index >= 15 is 0 Å². The molecule has 0 radical (unpaired) electrons. The molecule has 1 aromatic carbocycles. The Morgan fingerprint density at radius 1 is 1.28 bits per heavy atom. The van der Waals surface area contributed by atoms with Crippen LogP contribution in [0.5, 0.6) is 0 Å². The van der Waals surface area contributed by atoms with Crippen LogP contribution < -0.4 is 5.73 Å². The summed E-state index contributed by atoms with van der Waals surface area (Å²) >= 11 is 3.26. The molecule has 0 aliphatic rings. The normalized spacial score (nSPS) is 11.8. The first kappa shape index (κ1) is 12.9. The van der Waals surface area contributed by atoms with E-state index in [0.717, 1.165) is 15.2 Å². The van der Waals surface area contributed by atoms with Crippen LogP contribution in [0.4, 0.5) is 19.0 Å². The van der Waals surface area contributed by atoms with Crippen molar-refractivity contribution in [1.29, 1.82) is 0 Å². The third kappa shape index (κ3) is 2.84. The van der Waals surface area contributed by atoms with Crippen molar-refractivity contribution in [3.63, 3.8) is 0 Å². The second kappa shape index (κ2) is 4.64. The zero-order valence-corrected chi connectivity index (χ0v) is 10.7. The predicted octanol–water partition coefficient (Wildman–Crippen LogP) is 3.29. The highest BCUT2D eigenvalue weighted by molar-refractivity contribution is 9.10. The fourth-order valence-corrected chi connectivity index (χ4v) is 2.04. The molecule has 2 rings (SSSR count). The molecule has 1 aromatic heterocycles. The Balaban J connectivity index is 2.35. The van der Waals surface area contributed by atoms with E-state index in [9.17, 15) is 13.2 Å². The Labute approximate surface area is 110 Å². The van der Waals surface area contributed by atoms with Crippen LogP contribution in [0.25, 0.3) is 0 Å². The number of nitrogen functional groups attached to an aromatic ring is 1. The van der Waals surface area contributed by atoms with Gasteiger partial charge in [-0.1, -0.05) is 28.1 Å². The third-order valence-electron chi connectivity index (χ3n) is 2.31. The van der Waals surface area contributed by atoms with Crippen LogP contribution in [0, 0.1) is 0 Å². The molecule has 96 valence electrons. The Morgan fingerprint density at radius 3 is 2.61 bits per heavy atom. The summed E-state index contributed by atoms with van der Waals surface area (Å²) < 4.78 is 39.8. The number of aromatic nitrogens is 2. The molecule has 0 saturated heterocycles. The lowest BCUT2D eigenvalue weighted by Gasteiger charge is -2.10. The smallest absolute Gasteiger partial charge is 0.382 e. The summed E-state index contributed by atoms with van der Waals surface area (Å²) in [5, 5.41) is 3.66. The monoisotopic (exact) mass is 319 g/mol. The second-order valence-electron chi connectivity index (χ2n) is 3.74. The number of alkyl halides is 3. The van der Waals surface area contributed by atoms with E-state index < -0.39 is 11.9 Å². The zero-order valence-electron chi connectivity index (χ0n) is 9.08. The van der Waals surface area contributed by atoms with Crippen molar-refractivity contribution in [2.24, 2.45) is 0 Å². The predicted molar refractivity (Wildman–Crippen MR) is 64.9 cm³/mol. The Morgan fingerprint density at radius 2 is 2.00 bits per heavy atom. The van der Waals surface area contributed by atoms with Gasteiger partial charge in [-0.2, -0.15) is 18.3 Å². The lowest BCUT2D eigenvalue weighted by atomic mass is 10.2. The van der Waals surface area contributed by atoms with Crippen LogP contribution in [-0.4, -0.2) is 9.78 Å². The van der Waals surface area contributed by atoms with E-state index in [2.05, 4.69) is 21.0 Å². The number of benzene rings is 1. The first-order valence-corrected chi connectivity index (χ1v) is 5.80. The molecular formula is C11H9BrF3N3. The van der Waals surface area contributed by atoms with Gasteiger partial charge in [-0.15, -0.1) is 0 Å². The maximum absolute atomic E-state index is 12.7. The number of halogens is 4. The molecule has 0 fully saturated rings. The van der Waals surface area contributed by atoms with Crippen LogP contribution in [0.3, 0.4) is 0 Å². The van der Waals surface area contributed by atoms with Crippen LogP contribution in [-0.2, 0) is 12.7 Å². The number of anilines is 1. The van der Waals surface area contributed by atoms with Crippen LogP contribution in [0.2, 0.25) is 0 Å². The molecule has 0 aliphatic carbocycles. The van der Waals surface area contributed by atoms with E-state index in [-0.39, 0.29) is 12.4 Å². The number of hydrogen-bond donors (Lipinski definition) is 1. The molecule has 18 heavy (non-hydrogen) atoms. The highest BCUT2D eigenvalue weighted by Gasteiger charge is 2.35. The van der Waals surface area contributed by atoms with Crippen molar-refractivity contribution in [1.82, 2.24) is 9.78 Å². The maximum atomic E-state index is 12.7. The van der Waals surface area contributed by atoms with Crippen LogP contribution in [0.1, 0.15) is 11.3 Å². The van der Waals surface area contributed by atoms with Gasteiger partial charge in [0.05, 0.1) is 6.54 Å². The van der Waals surface area contributed by atoms with E-state index in [1.807, 2.05) is 0 Å². The Hall–Kier alpha value is -1.50. The molecular weight excluding hydrogens is 311 g/mol. The van der Waals surface area contributed by atoms with E-state index in [0.29, 0.717) is 5.56 Å². The lowest BCUT2D eigenvalue weighted by Crippen LogP contribution is -2.15. The van der Waals surface area contributed by atoms with Crippen LogP contribution >= 0.6 is 15.9 Å². The maximum Gasteiger partial charge on any atom is 0.433 e. The molecule has 0 spiro atoms. The number of rotatable bonds is 2. The quantitative estimate of drug-likeness (QED) is 0.923. The highest BCUT2D eigenvalue weighted by atomic mass is 79.9. The van der Waals surface area contributed by atoms with Crippen molar-refractivity contribution in [3.05, 3.63) is 46.1 Å². The minimum atomic E-state index is -4.46. The van der Waals surface area contributed by atoms with Crippen molar-refractivity contribution in [3.8, 4) is 0 Å². The minimum Gasteiger partial charge on any atom is -0.382 e. The number of nitrogens with zero attached hydrogens (tertiary/aromatic N) is 2. The molecule has 2 N–H and O–H groups in total. The highest BCUT2D eigenvalue weighted by Crippen LogP contribution is 2.30. The van der Waals surface area contributed by atoms with Gasteiger partial charge in [0.1, 0.15) is 11.5 Å². The summed E-state index contributed by atoms with van der Waals surface area (Å²) in [4.78, 5) is 0. The Bertz CT molecular complexity index is 563. The van der Waals surface area contributed by atoms with Gasteiger partial charge < -0.3 is 5.73 Å². The molecule has 0 bridgehead atoms. The fourth-order valence-electron chi connectivity index (χ4n) is 1.59. The average Bonchev–Trinajstić information content (AvgIpc) is 2.59. The van der Waals surface area contributed by atoms with E-state index in [1.165, 1.54) is 0 Å². The third-order valence-corrected chi connectivity index (χ3v) is 2.80. The van der Waals surface area contributed by atoms with Crippen molar-refractivity contribution >= 4 is 21.7 Å². The first-order chi connectivity index (χ1) is 8.36. The molecule has 3 nitrogen and oxygen atoms in total. The zero-order chi connectivity index (χ0) is 13.3. The molecule has 0 aliphatic heterocycles. The number of hydrogen-bond acceptors (Lipinski definition) is 2. The largest absolute Gasteiger partial charge is 0.433 e. The van der Waals surface area contributed by atoms with Crippen molar-refractivity contribution < 1.29 is 13.2 Å². The molecule has 0 atom stereocenters. The second-order valence-corrected chi connectivity index (χ2v) is 4.66. The molecule has 0 amide bonds. The standard InChI is InChI=1S/C11H9BrF3N3/c12-8-3-1-2-7(4-8)6-18-9(11(13,14)15)5-10(16)17-18/h1-5H,6H2,(H2,16,17). The molecule has 7 heteroatoms. The van der Waals surface area contributed by atoms with Crippen molar-refractivity contribution in [2.75, 3.05) is 5.73 Å². The summed E-state index contributed by atoms with van der Waals surface area (Å²) in [6.45, 7) is 0.0193. The van der Waals surface area contributed by atoms with E-state index in [1.54, 1.807) is 24.3 Å². The molecule has 0 saturated carbocycles. The molecule has 1 heterocycles. The van der Waals surface area contributed by atoms with Crippen LogP contribution in [0.15, 0.2) is 34.8 Å². The van der Waals surface area contributed by atoms with Gasteiger partial charge in [-0.25, -0.2) is 0 Å². The summed E-state index contributed by atoms with van der Waals surface area (Å²) in [7, 11) is 0. The Kier molecular flexibility index (Phi) is 3.34. The van der Waals surface area contributed by atoms with E-state index in [4.69, 9.17) is 5.73 Å². The van der Waals surface area contributed by atoms with Gasteiger partial charge in [-0.3, -0.25) is 4.68 Å². The van der Waals surface area contributed by atoms with Gasteiger partial charge in [0.15, 0.2) is 0 Å². The van der Waals surface area contributed by atoms with Gasteiger partial charge in [0.25, 0.3) is 0 Å². The summed E-state index contributed by atoms with van der Waals surface area (Å²) in [5.74, 6) is -0.141. The van der Waals surface area contributed by atoms with Gasteiger partial charge >= 0.3 is 6.18 Å². The fraction of sp³-hybridized carbons (Fsp3) is 0.182. The first-order valence-electron chi connectivity index (χ1n) is 5.01. The summed E-state index contributed by atoms with van der Waals surface area (Å²) in [6.07, 6.45) is -4.46. The van der Waals surface area contributed by atoms with Gasteiger partial charge in [0, 0.05) is 10.5 Å². The summed E-state index contributed by atoms with van der Waals surface area (Å²) in [5.41, 5.74) is 5.18. The van der Waals surface area contributed by atoms with Crippen molar-refractivity contribution in [2.45, 2.75) is 12.7 Å². The van der Waals surface area contributed by atoms with Gasteiger partial charge in [-0.05, 0) is 17.7 Å². The topological polar surface area (TPSA) is 43.8 Å². The lowest BCUT2D eigenvalue weighted by molar-refractivity contribution is -0.144. The minimum absolute atomic E-state index is 0.0193.